The van der Waals surface area contributed by atoms with Crippen LogP contribution in [0.1, 0.15) is 48.9 Å². The summed E-state index contributed by atoms with van der Waals surface area (Å²) in [5, 5.41) is 9.66. The fraction of sp³-hybridized carbons (Fsp3) is 0.448. The maximum absolute atomic E-state index is 14.2. The van der Waals surface area contributed by atoms with Crippen LogP contribution >= 0.6 is 23.2 Å². The van der Waals surface area contributed by atoms with E-state index in [0.29, 0.717) is 24.9 Å². The number of carbonyl (C=O) groups excluding carboxylic acids is 3. The van der Waals surface area contributed by atoms with Crippen LogP contribution in [-0.2, 0) is 23.8 Å². The number of carboxylic acids is 1. The number of carboxylic acid groups (broad SMARTS) is 1. The summed E-state index contributed by atoms with van der Waals surface area (Å²) in [7, 11) is 3.82. The van der Waals surface area contributed by atoms with E-state index in [9.17, 15) is 28.0 Å². The molecule has 4 atom stereocenters. The highest BCUT2D eigenvalue weighted by molar-refractivity contribution is 6.30. The Hall–Kier alpha value is -3.64. The molecular weight excluding hydrogens is 613 g/mol. The van der Waals surface area contributed by atoms with Gasteiger partial charge in [0.2, 0.25) is 0 Å². The van der Waals surface area contributed by atoms with Gasteiger partial charge in [0.25, 0.3) is 0 Å². The van der Waals surface area contributed by atoms with Gasteiger partial charge in [0, 0.05) is 34.3 Å². The number of aliphatic carboxylic acids is 1. The smallest absolute Gasteiger partial charge is 0.409 e. The minimum atomic E-state index is -0.945. The maximum Gasteiger partial charge on any atom is 0.409 e. The number of nitrogens with zero attached hydrogens (tertiary/aromatic N) is 2. The molecule has 1 N–H and O–H groups in total. The number of halogens is 4. The highest BCUT2D eigenvalue weighted by atomic mass is 35.5. The Morgan fingerprint density at radius 1 is 0.744 bits per heavy atom. The first-order valence-electron chi connectivity index (χ1n) is 13.3. The Bertz CT molecular complexity index is 1350. The normalized spacial score (nSPS) is 21.7. The molecule has 0 aliphatic carbocycles. The van der Waals surface area contributed by atoms with Crippen LogP contribution < -0.4 is 0 Å². The van der Waals surface area contributed by atoms with Gasteiger partial charge < -0.3 is 29.1 Å². The third-order valence-electron chi connectivity index (χ3n) is 7.55. The third kappa shape index (κ3) is 8.26. The van der Waals surface area contributed by atoms with Gasteiger partial charge in [-0.2, -0.15) is 0 Å². The standard InChI is InChI=1S/C15H17ClFNO4.C14H15ClFNO4/c1-21-14(19)9-5-6-18(15(20)22-2)13(7-9)11-4-3-10(16)8-12(11)17;1-21-14(20)17-5-4-8(13(18)19)6-12(17)10-3-2-9(15)7-11(10)16/h3-4,8-9,13H,5-7H2,1-2H3;2-3,7-8,12H,4-6H2,1H3,(H,18,19). The van der Waals surface area contributed by atoms with E-state index in [4.69, 9.17) is 42.5 Å². The van der Waals surface area contributed by atoms with Crippen molar-refractivity contribution < 1.29 is 47.3 Å². The van der Waals surface area contributed by atoms with E-state index in [1.807, 2.05) is 0 Å². The summed E-state index contributed by atoms with van der Waals surface area (Å²) in [6, 6.07) is 7.13. The minimum Gasteiger partial charge on any atom is -0.481 e. The number of amides is 2. The molecule has 0 saturated carbocycles. The molecule has 234 valence electrons. The van der Waals surface area contributed by atoms with Gasteiger partial charge in [0.1, 0.15) is 11.6 Å². The van der Waals surface area contributed by atoms with Crippen molar-refractivity contribution in [2.45, 2.75) is 37.8 Å². The van der Waals surface area contributed by atoms with Crippen LogP contribution in [0.5, 0.6) is 0 Å². The van der Waals surface area contributed by atoms with Crippen LogP contribution in [0.3, 0.4) is 0 Å². The topological polar surface area (TPSA) is 123 Å². The molecule has 14 heteroatoms. The Kier molecular flexibility index (Phi) is 12.0. The van der Waals surface area contributed by atoms with Gasteiger partial charge in [0.15, 0.2) is 0 Å². The van der Waals surface area contributed by atoms with Crippen LogP contribution in [0.25, 0.3) is 0 Å². The zero-order valence-corrected chi connectivity index (χ0v) is 25.2. The Labute approximate surface area is 257 Å². The van der Waals surface area contributed by atoms with Crippen molar-refractivity contribution in [3.63, 3.8) is 0 Å². The van der Waals surface area contributed by atoms with Crippen molar-refractivity contribution in [2.24, 2.45) is 11.8 Å². The predicted octanol–water partition coefficient (Wildman–Crippen LogP) is 6.25. The lowest BCUT2D eigenvalue weighted by atomic mass is 9.87. The highest BCUT2D eigenvalue weighted by Gasteiger charge is 2.39. The summed E-state index contributed by atoms with van der Waals surface area (Å²) in [6.07, 6.45) is 0.0354. The average molecular weight is 645 g/mol. The van der Waals surface area contributed by atoms with Crippen molar-refractivity contribution in [1.29, 1.82) is 0 Å². The molecule has 0 spiro atoms. The molecular formula is C29H32Cl2F2N2O8. The van der Waals surface area contributed by atoms with Gasteiger partial charge in [-0.15, -0.1) is 0 Å². The van der Waals surface area contributed by atoms with E-state index in [0.717, 1.165) is 6.07 Å². The summed E-state index contributed by atoms with van der Waals surface area (Å²) < 4.78 is 42.5. The lowest BCUT2D eigenvalue weighted by molar-refractivity contribution is -0.147. The molecule has 0 radical (unpaired) electrons. The van der Waals surface area contributed by atoms with Crippen LogP contribution in [0.15, 0.2) is 36.4 Å². The lowest BCUT2D eigenvalue weighted by Crippen LogP contribution is -2.43. The van der Waals surface area contributed by atoms with Gasteiger partial charge in [0.05, 0.1) is 45.2 Å². The number of rotatable bonds is 4. The molecule has 0 aromatic heterocycles. The van der Waals surface area contributed by atoms with E-state index in [1.165, 1.54) is 55.4 Å². The van der Waals surface area contributed by atoms with Crippen LogP contribution in [0.2, 0.25) is 10.0 Å². The molecule has 2 aliphatic heterocycles. The van der Waals surface area contributed by atoms with Gasteiger partial charge in [-0.25, -0.2) is 18.4 Å². The number of carbonyl (C=O) groups is 4. The van der Waals surface area contributed by atoms with E-state index in [-0.39, 0.29) is 46.9 Å². The van der Waals surface area contributed by atoms with E-state index >= 15 is 0 Å². The largest absolute Gasteiger partial charge is 0.481 e. The number of ether oxygens (including phenoxy) is 3. The van der Waals surface area contributed by atoms with Crippen LogP contribution in [0, 0.1) is 23.5 Å². The van der Waals surface area contributed by atoms with E-state index in [1.54, 1.807) is 6.07 Å². The van der Waals surface area contributed by atoms with Crippen LogP contribution in [0.4, 0.5) is 18.4 Å². The second kappa shape index (κ2) is 15.2. The molecule has 2 saturated heterocycles. The monoisotopic (exact) mass is 644 g/mol. The Morgan fingerprint density at radius 3 is 1.53 bits per heavy atom. The second-order valence-corrected chi connectivity index (χ2v) is 10.9. The molecule has 2 heterocycles. The molecule has 2 aromatic carbocycles. The molecule has 4 rings (SSSR count). The number of hydrogen-bond donors (Lipinski definition) is 1. The number of hydrogen-bond acceptors (Lipinski definition) is 7. The maximum atomic E-state index is 14.2. The van der Waals surface area contributed by atoms with Crippen molar-refractivity contribution in [3.05, 3.63) is 69.2 Å². The Balaban J connectivity index is 0.000000236. The van der Waals surface area contributed by atoms with Gasteiger partial charge >= 0.3 is 24.1 Å². The summed E-state index contributed by atoms with van der Waals surface area (Å²) in [5.41, 5.74) is 0.555. The number of methoxy groups -OCH3 is 3. The van der Waals surface area contributed by atoms with Crippen molar-refractivity contribution >= 4 is 47.3 Å². The fourth-order valence-corrected chi connectivity index (χ4v) is 5.66. The summed E-state index contributed by atoms with van der Waals surface area (Å²) in [6.45, 7) is 0.496. The summed E-state index contributed by atoms with van der Waals surface area (Å²) in [5.74, 6) is -3.39. The first kappa shape index (κ1) is 33.9. The Morgan fingerprint density at radius 2 is 1.16 bits per heavy atom. The van der Waals surface area contributed by atoms with E-state index < -0.39 is 47.8 Å². The van der Waals surface area contributed by atoms with Crippen molar-refractivity contribution in [2.75, 3.05) is 34.4 Å². The predicted molar refractivity (Wildman–Crippen MR) is 152 cm³/mol. The second-order valence-electron chi connectivity index (χ2n) is 9.99. The quantitative estimate of drug-likeness (QED) is 0.306. The molecule has 43 heavy (non-hydrogen) atoms. The minimum absolute atomic E-state index is 0.142. The first-order chi connectivity index (χ1) is 20.4. The van der Waals surface area contributed by atoms with Crippen molar-refractivity contribution in [1.82, 2.24) is 9.80 Å². The van der Waals surface area contributed by atoms with E-state index in [2.05, 4.69) is 0 Å². The highest BCUT2D eigenvalue weighted by Crippen LogP contribution is 2.38. The fourth-order valence-electron chi connectivity index (χ4n) is 5.34. The third-order valence-corrected chi connectivity index (χ3v) is 8.02. The number of likely N-dealkylation sites (tertiary alicyclic amines) is 2. The zero-order chi connectivity index (χ0) is 31.8. The molecule has 2 aliphatic rings. The summed E-state index contributed by atoms with van der Waals surface area (Å²) in [4.78, 5) is 49.4. The SMILES string of the molecule is COC(=O)C1CCN(C(=O)OC)C(c2ccc(Cl)cc2F)C1.COC(=O)N1CCC(C(=O)O)CC1c1ccc(Cl)cc1F. The molecule has 2 fully saturated rings. The lowest BCUT2D eigenvalue weighted by Gasteiger charge is -2.37. The van der Waals surface area contributed by atoms with Crippen molar-refractivity contribution in [3.8, 4) is 0 Å². The molecule has 2 aromatic rings. The molecule has 0 bridgehead atoms. The zero-order valence-electron chi connectivity index (χ0n) is 23.7. The molecule has 4 unspecified atom stereocenters. The average Bonchev–Trinajstić information content (AvgIpc) is 2.99. The van der Waals surface area contributed by atoms with Gasteiger partial charge in [-0.1, -0.05) is 35.3 Å². The summed E-state index contributed by atoms with van der Waals surface area (Å²) >= 11 is 11.5. The number of benzene rings is 2. The van der Waals surface area contributed by atoms with Gasteiger partial charge in [-0.05, 0) is 49.9 Å². The number of piperidine rings is 2. The molecule has 2 amide bonds. The van der Waals surface area contributed by atoms with Crippen LogP contribution in [-0.4, -0.2) is 73.5 Å². The first-order valence-corrected chi connectivity index (χ1v) is 14.1. The molecule has 10 nitrogen and oxygen atoms in total. The van der Waals surface area contributed by atoms with Gasteiger partial charge in [-0.3, -0.25) is 9.59 Å². The number of esters is 1.